The van der Waals surface area contributed by atoms with E-state index >= 15 is 0 Å². The third kappa shape index (κ3) is 4.07. The Morgan fingerprint density at radius 1 is 0.906 bits per heavy atom. The Bertz CT molecular complexity index is 1410. The summed E-state index contributed by atoms with van der Waals surface area (Å²) in [7, 11) is 0. The Morgan fingerprint density at radius 3 is 2.50 bits per heavy atom. The second-order valence-corrected chi connectivity index (χ2v) is 8.71. The molecular weight excluding hydrogens is 416 g/mol. The van der Waals surface area contributed by atoms with E-state index in [1.807, 2.05) is 67.6 Å². The zero-order valence-corrected chi connectivity index (χ0v) is 18.5. The van der Waals surface area contributed by atoms with Gasteiger partial charge in [0.25, 0.3) is 0 Å². The first-order valence-electron chi connectivity index (χ1n) is 10.3. The summed E-state index contributed by atoms with van der Waals surface area (Å²) in [6.45, 7) is 4.02. The van der Waals surface area contributed by atoms with Gasteiger partial charge in [-0.3, -0.25) is 0 Å². The van der Waals surface area contributed by atoms with E-state index in [1.165, 1.54) is 0 Å². The van der Waals surface area contributed by atoms with Gasteiger partial charge in [0.15, 0.2) is 5.70 Å². The van der Waals surface area contributed by atoms with E-state index in [4.69, 9.17) is 9.72 Å². The quantitative estimate of drug-likeness (QED) is 0.276. The lowest BCUT2D eigenvalue weighted by atomic mass is 10.1. The van der Waals surface area contributed by atoms with E-state index < -0.39 is 5.97 Å². The first-order valence-corrected chi connectivity index (χ1v) is 11.1. The van der Waals surface area contributed by atoms with Crippen molar-refractivity contribution in [1.82, 2.24) is 4.98 Å². The summed E-state index contributed by atoms with van der Waals surface area (Å²) in [6.07, 6.45) is 1.77. The molecule has 0 aliphatic carbocycles. The number of aliphatic imine (C=N–C) groups is 1. The molecule has 1 aliphatic rings. The second-order valence-electron chi connectivity index (χ2n) is 7.64. The van der Waals surface area contributed by atoms with Crippen LogP contribution in [0, 0.1) is 13.8 Å². The molecule has 4 aromatic rings. The van der Waals surface area contributed by atoms with Gasteiger partial charge in [-0.05, 0) is 61.4 Å². The lowest BCUT2D eigenvalue weighted by Gasteiger charge is -2.08. The predicted molar refractivity (Wildman–Crippen MR) is 129 cm³/mol. The minimum Gasteiger partial charge on any atom is -0.402 e. The van der Waals surface area contributed by atoms with Crippen LogP contribution in [0.2, 0.25) is 0 Å². The zero-order chi connectivity index (χ0) is 22.1. The van der Waals surface area contributed by atoms with Crippen molar-refractivity contribution in [2.24, 2.45) is 4.99 Å². The van der Waals surface area contributed by atoms with Gasteiger partial charge >= 0.3 is 5.97 Å². The molecule has 0 fully saturated rings. The van der Waals surface area contributed by atoms with E-state index in [0.29, 0.717) is 5.90 Å². The van der Waals surface area contributed by atoms with E-state index in [0.717, 1.165) is 43.1 Å². The first-order chi connectivity index (χ1) is 15.6. The second kappa shape index (κ2) is 8.44. The topological polar surface area (TPSA) is 51.5 Å². The first kappa shape index (κ1) is 20.2. The molecule has 0 saturated heterocycles. The lowest BCUT2D eigenvalue weighted by molar-refractivity contribution is -0.129. The van der Waals surface area contributed by atoms with Crippen molar-refractivity contribution < 1.29 is 9.53 Å². The fraction of sp³-hybridized carbons (Fsp3) is 0.0741. The largest absolute Gasteiger partial charge is 0.402 e. The van der Waals surface area contributed by atoms with Gasteiger partial charge in [-0.15, -0.1) is 0 Å². The van der Waals surface area contributed by atoms with Gasteiger partial charge < -0.3 is 4.74 Å². The molecule has 1 aliphatic heterocycles. The number of rotatable bonds is 4. The van der Waals surface area contributed by atoms with Gasteiger partial charge in [0.1, 0.15) is 5.03 Å². The van der Waals surface area contributed by atoms with E-state index in [9.17, 15) is 4.79 Å². The summed E-state index contributed by atoms with van der Waals surface area (Å²) in [4.78, 5) is 23.1. The number of esters is 1. The molecule has 3 aromatic carbocycles. The smallest absolute Gasteiger partial charge is 0.363 e. The van der Waals surface area contributed by atoms with Gasteiger partial charge in [-0.25, -0.2) is 14.8 Å². The minimum absolute atomic E-state index is 0.270. The fourth-order valence-corrected chi connectivity index (χ4v) is 4.44. The monoisotopic (exact) mass is 436 g/mol. The summed E-state index contributed by atoms with van der Waals surface area (Å²) in [6, 6.07) is 26.0. The fourth-order valence-electron chi connectivity index (χ4n) is 3.55. The van der Waals surface area contributed by atoms with E-state index in [1.54, 1.807) is 17.8 Å². The average molecular weight is 437 g/mol. The van der Waals surface area contributed by atoms with Crippen LogP contribution in [-0.4, -0.2) is 16.9 Å². The van der Waals surface area contributed by atoms with E-state index in [-0.39, 0.29) is 5.70 Å². The summed E-state index contributed by atoms with van der Waals surface area (Å²) in [5, 5.41) is 1.82. The number of ether oxygens (including phenoxy) is 1. The number of hydrogen-bond acceptors (Lipinski definition) is 5. The molecular formula is C27H20N2O2S. The molecule has 0 saturated carbocycles. The number of carbonyl (C=O) groups is 1. The molecule has 0 N–H and O–H groups in total. The molecule has 32 heavy (non-hydrogen) atoms. The molecule has 5 rings (SSSR count). The Morgan fingerprint density at radius 2 is 1.69 bits per heavy atom. The number of aromatic nitrogens is 1. The standard InChI is InChI=1S/C27H20N2O2S/c1-17-12-13-19-15-20(26(29-23(19)14-17)32-21-9-4-3-5-10-21)16-24-27(30)31-25(28-24)22-11-7-6-8-18(22)2/h3-16H,1-2H3. The van der Waals surface area contributed by atoms with Gasteiger partial charge in [-0.2, -0.15) is 0 Å². The lowest BCUT2D eigenvalue weighted by Crippen LogP contribution is -2.06. The van der Waals surface area contributed by atoms with Crippen molar-refractivity contribution >= 4 is 40.6 Å². The Labute approximate surface area is 190 Å². The van der Waals surface area contributed by atoms with Crippen LogP contribution in [-0.2, 0) is 9.53 Å². The van der Waals surface area contributed by atoms with Crippen LogP contribution in [0.1, 0.15) is 22.3 Å². The molecule has 0 bridgehead atoms. The highest BCUT2D eigenvalue weighted by Gasteiger charge is 2.25. The van der Waals surface area contributed by atoms with Crippen molar-refractivity contribution in [1.29, 1.82) is 0 Å². The summed E-state index contributed by atoms with van der Waals surface area (Å²) < 4.78 is 5.49. The highest BCUT2D eigenvalue weighted by molar-refractivity contribution is 7.99. The highest BCUT2D eigenvalue weighted by atomic mass is 32.2. The number of carbonyl (C=O) groups excluding carboxylic acids is 1. The molecule has 4 nitrogen and oxygen atoms in total. The maximum atomic E-state index is 12.6. The van der Waals surface area contributed by atoms with Crippen molar-refractivity contribution in [3.8, 4) is 0 Å². The normalized spacial score (nSPS) is 14.6. The molecule has 0 spiro atoms. The molecule has 0 amide bonds. The number of fused-ring (bicyclic) bond motifs is 1. The minimum atomic E-state index is -0.456. The summed E-state index contributed by atoms with van der Waals surface area (Å²) >= 11 is 1.56. The molecule has 0 atom stereocenters. The van der Waals surface area contributed by atoms with Crippen LogP contribution in [0.3, 0.4) is 0 Å². The average Bonchev–Trinajstić information content (AvgIpc) is 3.15. The SMILES string of the molecule is Cc1ccc2cc(C=C3N=C(c4ccccc4C)OC3=O)c(Sc3ccccc3)nc2c1. The molecule has 2 heterocycles. The summed E-state index contributed by atoms with van der Waals surface area (Å²) in [5.41, 5.74) is 4.99. The Hall–Kier alpha value is -3.70. The van der Waals surface area contributed by atoms with Crippen LogP contribution in [0.5, 0.6) is 0 Å². The number of aryl methyl sites for hydroxylation is 2. The van der Waals surface area contributed by atoms with Crippen LogP contribution >= 0.6 is 11.8 Å². The number of nitrogens with zero attached hydrogens (tertiary/aromatic N) is 2. The Balaban J connectivity index is 1.61. The zero-order valence-electron chi connectivity index (χ0n) is 17.7. The Kier molecular flexibility index (Phi) is 5.33. The van der Waals surface area contributed by atoms with Gasteiger partial charge in [0, 0.05) is 21.4 Å². The van der Waals surface area contributed by atoms with Crippen molar-refractivity contribution in [2.45, 2.75) is 23.8 Å². The summed E-state index contributed by atoms with van der Waals surface area (Å²) in [5.74, 6) is -0.121. The van der Waals surface area contributed by atoms with Crippen molar-refractivity contribution in [3.63, 3.8) is 0 Å². The molecule has 0 radical (unpaired) electrons. The van der Waals surface area contributed by atoms with E-state index in [2.05, 4.69) is 30.1 Å². The van der Waals surface area contributed by atoms with Crippen molar-refractivity contribution in [3.05, 3.63) is 107 Å². The number of pyridine rings is 1. The maximum Gasteiger partial charge on any atom is 0.363 e. The van der Waals surface area contributed by atoms with Gasteiger partial charge in [-0.1, -0.05) is 60.3 Å². The van der Waals surface area contributed by atoms with Crippen LogP contribution in [0.25, 0.3) is 17.0 Å². The number of cyclic esters (lactones) is 1. The maximum absolute atomic E-state index is 12.6. The van der Waals surface area contributed by atoms with Gasteiger partial charge in [0.05, 0.1) is 5.52 Å². The molecule has 1 aromatic heterocycles. The van der Waals surface area contributed by atoms with Crippen LogP contribution < -0.4 is 0 Å². The van der Waals surface area contributed by atoms with Crippen molar-refractivity contribution in [2.75, 3.05) is 0 Å². The van der Waals surface area contributed by atoms with Crippen LogP contribution in [0.4, 0.5) is 0 Å². The third-order valence-electron chi connectivity index (χ3n) is 5.21. The van der Waals surface area contributed by atoms with Crippen LogP contribution in [0.15, 0.2) is 99.5 Å². The third-order valence-corrected chi connectivity index (χ3v) is 6.24. The molecule has 5 heteroatoms. The number of benzene rings is 3. The predicted octanol–water partition coefficient (Wildman–Crippen LogP) is 6.35. The number of hydrogen-bond donors (Lipinski definition) is 0. The highest BCUT2D eigenvalue weighted by Crippen LogP contribution is 2.33. The molecule has 0 unspecified atom stereocenters. The van der Waals surface area contributed by atoms with Gasteiger partial charge in [0.2, 0.25) is 5.90 Å². The molecule has 156 valence electrons.